The van der Waals surface area contributed by atoms with Gasteiger partial charge in [-0.3, -0.25) is 0 Å². The summed E-state index contributed by atoms with van der Waals surface area (Å²) in [5, 5.41) is 13.5. The summed E-state index contributed by atoms with van der Waals surface area (Å²) in [4.78, 5) is 0. The molecule has 5 heteroatoms. The van der Waals surface area contributed by atoms with Crippen molar-refractivity contribution in [2.75, 3.05) is 18.9 Å². The monoisotopic (exact) mass is 170 g/mol. The molecule has 0 saturated carbocycles. The highest BCUT2D eigenvalue weighted by atomic mass is 16.4. The minimum Gasteiger partial charge on any atom is -0.407 e. The molecule has 0 saturated heterocycles. The van der Waals surface area contributed by atoms with Gasteiger partial charge in [-0.05, 0) is 13.0 Å². The third-order valence-corrected chi connectivity index (χ3v) is 1.38. The van der Waals surface area contributed by atoms with Crippen molar-refractivity contribution in [2.45, 2.75) is 19.9 Å². The highest BCUT2D eigenvalue weighted by molar-refractivity contribution is 5.14. The lowest BCUT2D eigenvalue weighted by atomic mass is 10.5. The molecule has 0 aliphatic rings. The van der Waals surface area contributed by atoms with Crippen LogP contribution in [-0.2, 0) is 6.54 Å². The van der Waals surface area contributed by atoms with Gasteiger partial charge in [0.2, 0.25) is 5.89 Å². The van der Waals surface area contributed by atoms with E-state index in [1.165, 1.54) is 0 Å². The Morgan fingerprint density at radius 2 is 2.25 bits per heavy atom. The molecular formula is C7H14N4O. The lowest BCUT2D eigenvalue weighted by Gasteiger charge is -1.96. The predicted octanol–water partition coefficient (Wildman–Crippen LogP) is 0.611. The first-order chi connectivity index (χ1) is 5.86. The van der Waals surface area contributed by atoms with Crippen molar-refractivity contribution in [3.63, 3.8) is 0 Å². The van der Waals surface area contributed by atoms with E-state index >= 15 is 0 Å². The molecule has 0 aromatic carbocycles. The average Bonchev–Trinajstić information content (AvgIpc) is 2.53. The maximum Gasteiger partial charge on any atom is 0.315 e. The van der Waals surface area contributed by atoms with E-state index < -0.39 is 0 Å². The van der Waals surface area contributed by atoms with E-state index in [0.29, 0.717) is 18.5 Å². The number of nitrogens with zero attached hydrogens (tertiary/aromatic N) is 2. The fourth-order valence-electron chi connectivity index (χ4n) is 0.798. The SMILES string of the molecule is CCCNCc1nnc(NC)o1. The van der Waals surface area contributed by atoms with E-state index in [4.69, 9.17) is 4.42 Å². The molecule has 5 nitrogen and oxygen atoms in total. The van der Waals surface area contributed by atoms with Gasteiger partial charge in [0.05, 0.1) is 6.54 Å². The molecule has 1 aromatic heterocycles. The Bertz CT molecular complexity index is 223. The van der Waals surface area contributed by atoms with Crippen LogP contribution in [0, 0.1) is 0 Å². The number of rotatable bonds is 5. The lowest BCUT2D eigenvalue weighted by Crippen LogP contribution is -2.13. The van der Waals surface area contributed by atoms with Gasteiger partial charge in [0.1, 0.15) is 0 Å². The third-order valence-electron chi connectivity index (χ3n) is 1.38. The van der Waals surface area contributed by atoms with Gasteiger partial charge >= 0.3 is 6.01 Å². The molecule has 0 fully saturated rings. The minimum absolute atomic E-state index is 0.461. The van der Waals surface area contributed by atoms with Crippen molar-refractivity contribution < 1.29 is 4.42 Å². The fourth-order valence-corrected chi connectivity index (χ4v) is 0.798. The zero-order chi connectivity index (χ0) is 8.81. The number of hydrogen-bond acceptors (Lipinski definition) is 5. The van der Waals surface area contributed by atoms with Gasteiger partial charge in [-0.25, -0.2) is 0 Å². The molecule has 0 atom stereocenters. The Kier molecular flexibility index (Phi) is 3.53. The van der Waals surface area contributed by atoms with Crippen molar-refractivity contribution in [3.8, 4) is 0 Å². The summed E-state index contributed by atoms with van der Waals surface area (Å²) in [6, 6.07) is 0.461. The lowest BCUT2D eigenvalue weighted by molar-refractivity contribution is 0.478. The fraction of sp³-hybridized carbons (Fsp3) is 0.714. The Morgan fingerprint density at radius 1 is 1.42 bits per heavy atom. The molecule has 0 spiro atoms. The van der Waals surface area contributed by atoms with E-state index in [9.17, 15) is 0 Å². The van der Waals surface area contributed by atoms with Crippen molar-refractivity contribution in [1.82, 2.24) is 15.5 Å². The van der Waals surface area contributed by atoms with Gasteiger partial charge in [0.25, 0.3) is 0 Å². The quantitative estimate of drug-likeness (QED) is 0.634. The van der Waals surface area contributed by atoms with Gasteiger partial charge < -0.3 is 15.1 Å². The van der Waals surface area contributed by atoms with E-state index in [2.05, 4.69) is 27.8 Å². The summed E-state index contributed by atoms with van der Waals surface area (Å²) < 4.78 is 5.18. The van der Waals surface area contributed by atoms with Crippen molar-refractivity contribution >= 4 is 6.01 Å². The highest BCUT2D eigenvalue weighted by Gasteiger charge is 2.01. The molecule has 0 bridgehead atoms. The summed E-state index contributed by atoms with van der Waals surface area (Å²) in [6.07, 6.45) is 1.10. The molecule has 1 aromatic rings. The second-order valence-corrected chi connectivity index (χ2v) is 2.43. The predicted molar refractivity (Wildman–Crippen MR) is 45.8 cm³/mol. The van der Waals surface area contributed by atoms with Crippen LogP contribution in [-0.4, -0.2) is 23.8 Å². The van der Waals surface area contributed by atoms with Crippen LogP contribution in [0.2, 0.25) is 0 Å². The Labute approximate surface area is 71.6 Å². The van der Waals surface area contributed by atoms with Crippen LogP contribution in [0.3, 0.4) is 0 Å². The molecule has 0 radical (unpaired) electrons. The maximum atomic E-state index is 5.18. The molecule has 1 heterocycles. The second kappa shape index (κ2) is 4.71. The van der Waals surface area contributed by atoms with Gasteiger partial charge in [0, 0.05) is 7.05 Å². The molecule has 0 aliphatic heterocycles. The van der Waals surface area contributed by atoms with E-state index in [0.717, 1.165) is 13.0 Å². The average molecular weight is 170 g/mol. The van der Waals surface area contributed by atoms with Crippen LogP contribution in [0.15, 0.2) is 4.42 Å². The van der Waals surface area contributed by atoms with Gasteiger partial charge in [0.15, 0.2) is 0 Å². The molecule has 1 rings (SSSR count). The molecular weight excluding hydrogens is 156 g/mol. The summed E-state index contributed by atoms with van der Waals surface area (Å²) in [5.74, 6) is 0.618. The zero-order valence-corrected chi connectivity index (χ0v) is 7.42. The topological polar surface area (TPSA) is 63.0 Å². The van der Waals surface area contributed by atoms with Crippen LogP contribution < -0.4 is 10.6 Å². The minimum atomic E-state index is 0.461. The largest absolute Gasteiger partial charge is 0.407 e. The Balaban J connectivity index is 2.31. The number of hydrogen-bond donors (Lipinski definition) is 2. The van der Waals surface area contributed by atoms with E-state index in [1.807, 2.05) is 0 Å². The summed E-state index contributed by atoms with van der Waals surface area (Å²) in [7, 11) is 1.75. The number of nitrogens with one attached hydrogen (secondary N) is 2. The van der Waals surface area contributed by atoms with Gasteiger partial charge in [-0.2, -0.15) is 0 Å². The number of anilines is 1. The van der Waals surface area contributed by atoms with Crippen LogP contribution in [0.1, 0.15) is 19.2 Å². The second-order valence-electron chi connectivity index (χ2n) is 2.43. The first-order valence-electron chi connectivity index (χ1n) is 4.07. The van der Waals surface area contributed by atoms with E-state index in [1.54, 1.807) is 7.05 Å². The maximum absolute atomic E-state index is 5.18. The van der Waals surface area contributed by atoms with Crippen LogP contribution in [0.4, 0.5) is 6.01 Å². The standard InChI is InChI=1S/C7H14N4O/c1-3-4-9-5-6-10-11-7(8-2)12-6/h9H,3-5H2,1-2H3,(H,8,11). The highest BCUT2D eigenvalue weighted by Crippen LogP contribution is 2.02. The number of aromatic nitrogens is 2. The molecule has 0 unspecified atom stereocenters. The molecule has 2 N–H and O–H groups in total. The normalized spacial score (nSPS) is 10.2. The van der Waals surface area contributed by atoms with Crippen molar-refractivity contribution in [1.29, 1.82) is 0 Å². The molecule has 0 amide bonds. The third kappa shape index (κ3) is 2.50. The molecule has 12 heavy (non-hydrogen) atoms. The smallest absolute Gasteiger partial charge is 0.315 e. The van der Waals surface area contributed by atoms with Crippen LogP contribution in [0.25, 0.3) is 0 Å². The zero-order valence-electron chi connectivity index (χ0n) is 7.42. The first kappa shape index (κ1) is 8.99. The summed E-state index contributed by atoms with van der Waals surface area (Å²) in [5.41, 5.74) is 0. The summed E-state index contributed by atoms with van der Waals surface area (Å²) >= 11 is 0. The Hall–Kier alpha value is -1.10. The van der Waals surface area contributed by atoms with Crippen molar-refractivity contribution in [3.05, 3.63) is 5.89 Å². The Morgan fingerprint density at radius 3 is 2.83 bits per heavy atom. The van der Waals surface area contributed by atoms with E-state index in [-0.39, 0.29) is 0 Å². The van der Waals surface area contributed by atoms with Crippen LogP contribution >= 0.6 is 0 Å². The van der Waals surface area contributed by atoms with Crippen molar-refractivity contribution in [2.24, 2.45) is 0 Å². The first-order valence-corrected chi connectivity index (χ1v) is 4.07. The van der Waals surface area contributed by atoms with Gasteiger partial charge in [-0.15, -0.1) is 5.10 Å². The molecule has 68 valence electrons. The summed E-state index contributed by atoms with van der Waals surface area (Å²) in [6.45, 7) is 3.72. The van der Waals surface area contributed by atoms with Gasteiger partial charge in [-0.1, -0.05) is 12.0 Å². The molecule has 0 aliphatic carbocycles. The van der Waals surface area contributed by atoms with Crippen LogP contribution in [0.5, 0.6) is 0 Å².